The summed E-state index contributed by atoms with van der Waals surface area (Å²) in [5.41, 5.74) is 3.59. The summed E-state index contributed by atoms with van der Waals surface area (Å²) in [5.74, 6) is 0.160. The predicted molar refractivity (Wildman–Crippen MR) is 151 cm³/mol. The van der Waals surface area contributed by atoms with Gasteiger partial charge in [0.1, 0.15) is 5.01 Å². The largest absolute Gasteiger partial charge is 0.311 e. The Bertz CT molecular complexity index is 1560. The van der Waals surface area contributed by atoms with Crippen LogP contribution in [0.2, 0.25) is 0 Å². The van der Waals surface area contributed by atoms with Crippen molar-refractivity contribution in [3.63, 3.8) is 0 Å². The number of nitrogens with zero attached hydrogens (tertiary/aromatic N) is 3. The Kier molecular flexibility index (Phi) is 6.47. The number of amides is 1. The molecule has 1 saturated carbocycles. The molecule has 1 amide bonds. The van der Waals surface area contributed by atoms with E-state index in [-0.39, 0.29) is 10.8 Å². The fourth-order valence-corrected chi connectivity index (χ4v) is 7.26. The molecule has 0 spiro atoms. The highest BCUT2D eigenvalue weighted by atomic mass is 32.2. The zero-order chi connectivity index (χ0) is 26.3. The molecule has 0 saturated heterocycles. The van der Waals surface area contributed by atoms with Crippen molar-refractivity contribution >= 4 is 44.6 Å². The van der Waals surface area contributed by atoms with Crippen LogP contribution in [-0.4, -0.2) is 37.2 Å². The molecule has 2 aliphatic rings. The molecule has 0 unspecified atom stereocenters. The monoisotopic (exact) mass is 541 g/mol. The first-order valence-electron chi connectivity index (χ1n) is 12.6. The van der Waals surface area contributed by atoms with Crippen molar-refractivity contribution in [2.45, 2.75) is 23.8 Å². The molecule has 0 radical (unpaired) electrons. The summed E-state index contributed by atoms with van der Waals surface area (Å²) in [7, 11) is -2.22. The quantitative estimate of drug-likeness (QED) is 0.262. The highest BCUT2D eigenvalue weighted by molar-refractivity contribution is 7.89. The van der Waals surface area contributed by atoms with Crippen molar-refractivity contribution in [1.29, 1.82) is 0 Å². The van der Waals surface area contributed by atoms with Gasteiger partial charge in [-0.25, -0.2) is 13.4 Å². The molecule has 6 nitrogen and oxygen atoms in total. The molecule has 3 aromatic carbocycles. The second-order valence-corrected chi connectivity index (χ2v) is 12.5. The lowest BCUT2D eigenvalue weighted by molar-refractivity contribution is -0.112. The molecule has 4 aromatic rings. The minimum atomic E-state index is -3.93. The normalized spacial score (nSPS) is 16.6. The van der Waals surface area contributed by atoms with Gasteiger partial charge in [0.25, 0.3) is 5.91 Å². The number of likely N-dealkylation sites (N-methyl/N-ethyl adjacent to an activating group) is 1. The van der Waals surface area contributed by atoms with Gasteiger partial charge in [-0.3, -0.25) is 4.79 Å². The maximum atomic E-state index is 14.5. The lowest BCUT2D eigenvalue weighted by Gasteiger charge is -2.32. The highest BCUT2D eigenvalue weighted by Gasteiger charge is 2.39. The van der Waals surface area contributed by atoms with Crippen LogP contribution in [0.1, 0.15) is 40.6 Å². The van der Waals surface area contributed by atoms with Gasteiger partial charge in [0.05, 0.1) is 22.2 Å². The van der Waals surface area contributed by atoms with E-state index in [4.69, 9.17) is 0 Å². The number of rotatable bonds is 8. The summed E-state index contributed by atoms with van der Waals surface area (Å²) in [4.78, 5) is 19.1. The first-order valence-corrected chi connectivity index (χ1v) is 14.9. The molecule has 1 fully saturated rings. The average molecular weight is 542 g/mol. The number of hydrogen-bond acceptors (Lipinski definition) is 5. The van der Waals surface area contributed by atoms with E-state index in [1.165, 1.54) is 11.3 Å². The second-order valence-electron chi connectivity index (χ2n) is 9.71. The molecule has 0 bridgehead atoms. The topological polar surface area (TPSA) is 70.6 Å². The van der Waals surface area contributed by atoms with Crippen molar-refractivity contribution in [1.82, 2.24) is 9.29 Å². The molecule has 192 valence electrons. The van der Waals surface area contributed by atoms with E-state index in [0.717, 1.165) is 24.0 Å². The minimum Gasteiger partial charge on any atom is -0.311 e. The number of carbonyl (C=O) groups excluding carboxylic acids is 1. The van der Waals surface area contributed by atoms with Crippen LogP contribution in [0.5, 0.6) is 0 Å². The molecular formula is C30H27N3O3S2. The molecule has 0 atom stereocenters. The van der Waals surface area contributed by atoms with E-state index >= 15 is 0 Å². The van der Waals surface area contributed by atoms with Crippen molar-refractivity contribution in [2.24, 2.45) is 5.92 Å². The maximum Gasteiger partial charge on any atom is 0.258 e. The number of sulfonamides is 1. The second kappa shape index (κ2) is 9.94. The van der Waals surface area contributed by atoms with Crippen LogP contribution in [0.3, 0.4) is 0 Å². The zero-order valence-electron chi connectivity index (χ0n) is 20.9. The van der Waals surface area contributed by atoms with Gasteiger partial charge in [-0.05, 0) is 54.2 Å². The third-order valence-electron chi connectivity index (χ3n) is 7.13. The summed E-state index contributed by atoms with van der Waals surface area (Å²) in [6, 6.07) is 24.1. The number of anilines is 1. The third-order valence-corrected chi connectivity index (χ3v) is 9.68. The predicted octanol–water partition coefficient (Wildman–Crippen LogP) is 5.85. The number of fused-ring (bicyclic) bond motifs is 1. The fourth-order valence-electron chi connectivity index (χ4n) is 4.99. The average Bonchev–Trinajstić information content (AvgIpc) is 3.56. The highest BCUT2D eigenvalue weighted by Crippen LogP contribution is 2.42. The summed E-state index contributed by atoms with van der Waals surface area (Å²) in [5, 5.41) is 2.55. The summed E-state index contributed by atoms with van der Waals surface area (Å²) >= 11 is 1.43. The number of benzene rings is 3. The van der Waals surface area contributed by atoms with E-state index in [2.05, 4.69) is 4.98 Å². The fraction of sp³-hybridized carbons (Fsp3) is 0.200. The Hall–Kier alpha value is -3.59. The van der Waals surface area contributed by atoms with Gasteiger partial charge < -0.3 is 4.90 Å². The lowest BCUT2D eigenvalue weighted by atomic mass is 9.98. The smallest absolute Gasteiger partial charge is 0.258 e. The van der Waals surface area contributed by atoms with Crippen LogP contribution < -0.4 is 4.90 Å². The van der Waals surface area contributed by atoms with Gasteiger partial charge in [-0.2, -0.15) is 4.31 Å². The molecule has 1 aliphatic heterocycles. The van der Waals surface area contributed by atoms with Gasteiger partial charge in [0.2, 0.25) is 10.0 Å². The van der Waals surface area contributed by atoms with Crippen molar-refractivity contribution in [2.75, 3.05) is 18.5 Å². The molecule has 6 rings (SSSR count). The van der Waals surface area contributed by atoms with E-state index in [9.17, 15) is 13.2 Å². The van der Waals surface area contributed by atoms with Gasteiger partial charge in [-0.1, -0.05) is 60.7 Å². The minimum absolute atomic E-state index is 0.175. The van der Waals surface area contributed by atoms with Crippen LogP contribution in [-0.2, 0) is 14.8 Å². The summed E-state index contributed by atoms with van der Waals surface area (Å²) in [6.07, 6.45) is 5.47. The summed E-state index contributed by atoms with van der Waals surface area (Å²) in [6.45, 7) is 0.439. The summed E-state index contributed by atoms with van der Waals surface area (Å²) < 4.78 is 30.6. The van der Waals surface area contributed by atoms with E-state index in [1.807, 2.05) is 66.0 Å². The standard InChI is InChI=1S/C30H27N3O3S2/c1-32-27-15-14-24(18-25(27)26(30(32)34)19-28-31-16-17-37-28)38(35,36)33(20-21-12-13-21)29(22-8-4-2-5-9-22)23-10-6-3-7-11-23/h2-11,14-19,21,29H,12-13,20H2,1H3/b26-19+. The lowest BCUT2D eigenvalue weighted by Crippen LogP contribution is -2.37. The Morgan fingerprint density at radius 3 is 2.26 bits per heavy atom. The van der Waals surface area contributed by atoms with Crippen LogP contribution in [0.25, 0.3) is 11.6 Å². The van der Waals surface area contributed by atoms with E-state index in [0.29, 0.717) is 34.3 Å². The van der Waals surface area contributed by atoms with Gasteiger partial charge in [-0.15, -0.1) is 11.3 Å². The van der Waals surface area contributed by atoms with Crippen molar-refractivity contribution < 1.29 is 13.2 Å². The van der Waals surface area contributed by atoms with Crippen molar-refractivity contribution in [3.05, 3.63) is 112 Å². The Balaban J connectivity index is 1.48. The Morgan fingerprint density at radius 2 is 1.68 bits per heavy atom. The number of thiazole rings is 1. The molecule has 1 aliphatic carbocycles. The Morgan fingerprint density at radius 1 is 1.03 bits per heavy atom. The number of hydrogen-bond donors (Lipinski definition) is 0. The SMILES string of the molecule is CN1C(=O)/C(=C/c2nccs2)c2cc(S(=O)(=O)N(CC3CC3)C(c3ccccc3)c3ccccc3)ccc21. The van der Waals surface area contributed by atoms with Crippen LogP contribution in [0.4, 0.5) is 5.69 Å². The molecule has 8 heteroatoms. The van der Waals surface area contributed by atoms with E-state index < -0.39 is 16.1 Å². The van der Waals surface area contributed by atoms with Gasteiger partial charge >= 0.3 is 0 Å². The van der Waals surface area contributed by atoms with Crippen LogP contribution in [0.15, 0.2) is 95.3 Å². The number of aromatic nitrogens is 1. The molecule has 38 heavy (non-hydrogen) atoms. The first kappa shape index (κ1) is 24.7. The first-order chi connectivity index (χ1) is 18.4. The van der Waals surface area contributed by atoms with Gasteiger partial charge in [0.15, 0.2) is 0 Å². The molecular weight excluding hydrogens is 514 g/mol. The molecule has 2 heterocycles. The van der Waals surface area contributed by atoms with E-state index in [1.54, 1.807) is 46.7 Å². The maximum absolute atomic E-state index is 14.5. The van der Waals surface area contributed by atoms with Crippen LogP contribution in [0, 0.1) is 5.92 Å². The van der Waals surface area contributed by atoms with Gasteiger partial charge in [0, 0.05) is 30.7 Å². The molecule has 0 N–H and O–H groups in total. The Labute approximate surface area is 226 Å². The molecule has 1 aromatic heterocycles. The zero-order valence-corrected chi connectivity index (χ0v) is 22.5. The van der Waals surface area contributed by atoms with Crippen molar-refractivity contribution in [3.8, 4) is 0 Å². The third kappa shape index (κ3) is 4.60. The van der Waals surface area contributed by atoms with Crippen LogP contribution >= 0.6 is 11.3 Å². The number of carbonyl (C=O) groups is 1.